The number of amides is 1. The molecule has 0 saturated heterocycles. The van der Waals surface area contributed by atoms with Gasteiger partial charge in [-0.25, -0.2) is 0 Å². The summed E-state index contributed by atoms with van der Waals surface area (Å²) in [4.78, 5) is 10.2. The van der Waals surface area contributed by atoms with Crippen molar-refractivity contribution < 1.29 is 4.79 Å². The Morgan fingerprint density at radius 2 is 1.90 bits per heavy atom. The SMILES string of the molecule is CC(=N)CCCCC(N)=O. The van der Waals surface area contributed by atoms with Crippen LogP contribution in [0, 0.1) is 5.41 Å². The predicted molar refractivity (Wildman–Crippen MR) is 41.1 cm³/mol. The lowest BCUT2D eigenvalue weighted by Gasteiger charge is -1.95. The highest BCUT2D eigenvalue weighted by atomic mass is 16.1. The molecule has 0 bridgehead atoms. The third-order valence-electron chi connectivity index (χ3n) is 1.22. The Bertz CT molecular complexity index is 116. The molecule has 0 aromatic carbocycles. The topological polar surface area (TPSA) is 66.9 Å². The molecule has 0 saturated carbocycles. The van der Waals surface area contributed by atoms with Crippen LogP contribution < -0.4 is 5.73 Å². The van der Waals surface area contributed by atoms with E-state index in [9.17, 15) is 4.79 Å². The molecule has 3 N–H and O–H groups in total. The average Bonchev–Trinajstić information content (AvgIpc) is 1.79. The van der Waals surface area contributed by atoms with Crippen molar-refractivity contribution in [3.63, 3.8) is 0 Å². The van der Waals surface area contributed by atoms with Crippen molar-refractivity contribution in [2.75, 3.05) is 0 Å². The molecular weight excluding hydrogens is 128 g/mol. The van der Waals surface area contributed by atoms with Crippen molar-refractivity contribution in [3.8, 4) is 0 Å². The molecule has 0 unspecified atom stereocenters. The summed E-state index contributed by atoms with van der Waals surface area (Å²) >= 11 is 0. The maximum Gasteiger partial charge on any atom is 0.217 e. The zero-order valence-corrected chi connectivity index (χ0v) is 6.31. The van der Waals surface area contributed by atoms with Crippen molar-refractivity contribution >= 4 is 11.6 Å². The van der Waals surface area contributed by atoms with Gasteiger partial charge in [-0.3, -0.25) is 4.79 Å². The van der Waals surface area contributed by atoms with Gasteiger partial charge in [0.25, 0.3) is 0 Å². The molecular formula is C7H14N2O. The number of unbranched alkanes of at least 4 members (excludes halogenated alkanes) is 1. The van der Waals surface area contributed by atoms with Gasteiger partial charge in [-0.15, -0.1) is 0 Å². The second-order valence-corrected chi connectivity index (χ2v) is 2.45. The fraction of sp³-hybridized carbons (Fsp3) is 0.714. The molecule has 3 nitrogen and oxygen atoms in total. The Kier molecular flexibility index (Phi) is 4.54. The summed E-state index contributed by atoms with van der Waals surface area (Å²) < 4.78 is 0. The van der Waals surface area contributed by atoms with Crippen molar-refractivity contribution in [3.05, 3.63) is 0 Å². The van der Waals surface area contributed by atoms with E-state index in [-0.39, 0.29) is 5.91 Å². The van der Waals surface area contributed by atoms with Crippen LogP contribution in [0.3, 0.4) is 0 Å². The summed E-state index contributed by atoms with van der Waals surface area (Å²) in [6.07, 6.45) is 2.95. The van der Waals surface area contributed by atoms with Gasteiger partial charge in [-0.05, 0) is 26.2 Å². The van der Waals surface area contributed by atoms with Crippen LogP contribution in [0.1, 0.15) is 32.6 Å². The van der Waals surface area contributed by atoms with E-state index in [4.69, 9.17) is 11.1 Å². The predicted octanol–water partition coefficient (Wildman–Crippen LogP) is 1.07. The number of nitrogens with two attached hydrogens (primary N) is 1. The first-order chi connectivity index (χ1) is 4.63. The van der Waals surface area contributed by atoms with Crippen LogP contribution in [0.4, 0.5) is 0 Å². The first-order valence-electron chi connectivity index (χ1n) is 3.45. The van der Waals surface area contributed by atoms with Crippen LogP contribution in [-0.2, 0) is 4.79 Å². The Morgan fingerprint density at radius 1 is 1.40 bits per heavy atom. The van der Waals surface area contributed by atoms with Gasteiger partial charge in [0.15, 0.2) is 0 Å². The summed E-state index contributed by atoms with van der Waals surface area (Å²) in [6.45, 7) is 1.77. The molecule has 3 heteroatoms. The fourth-order valence-electron chi connectivity index (χ4n) is 0.689. The van der Waals surface area contributed by atoms with Crippen LogP contribution >= 0.6 is 0 Å². The van der Waals surface area contributed by atoms with E-state index in [0.29, 0.717) is 12.1 Å². The van der Waals surface area contributed by atoms with Gasteiger partial charge in [0.05, 0.1) is 0 Å². The smallest absolute Gasteiger partial charge is 0.217 e. The molecule has 58 valence electrons. The molecule has 0 atom stereocenters. The molecule has 0 aromatic heterocycles. The van der Waals surface area contributed by atoms with Crippen LogP contribution in [0.15, 0.2) is 0 Å². The highest BCUT2D eigenvalue weighted by molar-refractivity contribution is 5.78. The first-order valence-corrected chi connectivity index (χ1v) is 3.45. The molecule has 10 heavy (non-hydrogen) atoms. The summed E-state index contributed by atoms with van der Waals surface area (Å²) in [5.41, 5.74) is 5.59. The van der Waals surface area contributed by atoms with Gasteiger partial charge < -0.3 is 11.1 Å². The Labute approximate surface area is 61.1 Å². The molecule has 0 aliphatic carbocycles. The maximum absolute atomic E-state index is 10.2. The second-order valence-electron chi connectivity index (χ2n) is 2.45. The molecule has 0 fully saturated rings. The number of hydrogen-bond acceptors (Lipinski definition) is 2. The average molecular weight is 142 g/mol. The minimum Gasteiger partial charge on any atom is -0.370 e. The lowest BCUT2D eigenvalue weighted by Crippen LogP contribution is -2.09. The summed E-state index contributed by atoms with van der Waals surface area (Å²) in [5.74, 6) is -0.248. The van der Waals surface area contributed by atoms with E-state index in [1.54, 1.807) is 6.92 Å². The van der Waals surface area contributed by atoms with Gasteiger partial charge >= 0.3 is 0 Å². The number of rotatable bonds is 5. The van der Waals surface area contributed by atoms with Crippen molar-refractivity contribution in [1.82, 2.24) is 0 Å². The lowest BCUT2D eigenvalue weighted by atomic mass is 10.1. The molecule has 0 radical (unpaired) electrons. The third kappa shape index (κ3) is 7.14. The number of carbonyl (C=O) groups is 1. The Morgan fingerprint density at radius 3 is 2.30 bits per heavy atom. The summed E-state index contributed by atoms with van der Waals surface area (Å²) in [5, 5.41) is 7.06. The van der Waals surface area contributed by atoms with E-state index >= 15 is 0 Å². The quantitative estimate of drug-likeness (QED) is 0.437. The number of nitrogens with one attached hydrogen (secondary N) is 1. The minimum atomic E-state index is -0.248. The lowest BCUT2D eigenvalue weighted by molar-refractivity contribution is -0.118. The molecule has 0 aliphatic heterocycles. The zero-order chi connectivity index (χ0) is 7.98. The summed E-state index contributed by atoms with van der Waals surface area (Å²) in [6, 6.07) is 0. The molecule has 0 aromatic rings. The van der Waals surface area contributed by atoms with Gasteiger partial charge in [-0.1, -0.05) is 0 Å². The largest absolute Gasteiger partial charge is 0.370 e. The molecule has 1 amide bonds. The highest BCUT2D eigenvalue weighted by Crippen LogP contribution is 1.99. The number of carbonyl (C=O) groups excluding carboxylic acids is 1. The molecule has 0 aliphatic rings. The van der Waals surface area contributed by atoms with Crippen LogP contribution in [0.5, 0.6) is 0 Å². The number of hydrogen-bond donors (Lipinski definition) is 2. The maximum atomic E-state index is 10.2. The fourth-order valence-corrected chi connectivity index (χ4v) is 0.689. The second kappa shape index (κ2) is 4.97. The molecule has 0 heterocycles. The van der Waals surface area contributed by atoms with Gasteiger partial charge in [-0.2, -0.15) is 0 Å². The van der Waals surface area contributed by atoms with Gasteiger partial charge in [0.2, 0.25) is 5.91 Å². The first kappa shape index (κ1) is 9.14. The summed E-state index contributed by atoms with van der Waals surface area (Å²) in [7, 11) is 0. The highest BCUT2D eigenvalue weighted by Gasteiger charge is 1.94. The van der Waals surface area contributed by atoms with Gasteiger partial charge in [0.1, 0.15) is 0 Å². The van der Waals surface area contributed by atoms with Crippen LogP contribution in [0.2, 0.25) is 0 Å². The normalized spacial score (nSPS) is 9.30. The monoisotopic (exact) mass is 142 g/mol. The minimum absolute atomic E-state index is 0.248. The standard InChI is InChI=1S/C7H14N2O/c1-6(8)4-2-3-5-7(9)10/h8H,2-5H2,1H3,(H2,9,10). The van der Waals surface area contributed by atoms with Crippen molar-refractivity contribution in [1.29, 1.82) is 5.41 Å². The van der Waals surface area contributed by atoms with Crippen LogP contribution in [0.25, 0.3) is 0 Å². The molecule has 0 spiro atoms. The Hall–Kier alpha value is -0.860. The Balaban J connectivity index is 3.06. The van der Waals surface area contributed by atoms with Gasteiger partial charge in [0, 0.05) is 12.1 Å². The van der Waals surface area contributed by atoms with Crippen molar-refractivity contribution in [2.45, 2.75) is 32.6 Å². The van der Waals surface area contributed by atoms with E-state index in [1.807, 2.05) is 0 Å². The molecule has 0 rings (SSSR count). The van der Waals surface area contributed by atoms with E-state index in [0.717, 1.165) is 19.3 Å². The van der Waals surface area contributed by atoms with Crippen molar-refractivity contribution in [2.24, 2.45) is 5.73 Å². The van der Waals surface area contributed by atoms with E-state index in [2.05, 4.69) is 0 Å². The third-order valence-corrected chi connectivity index (χ3v) is 1.22. The van der Waals surface area contributed by atoms with Crippen LogP contribution in [-0.4, -0.2) is 11.6 Å². The van der Waals surface area contributed by atoms with E-state index in [1.165, 1.54) is 0 Å². The number of primary amides is 1. The van der Waals surface area contributed by atoms with E-state index < -0.39 is 0 Å². The zero-order valence-electron chi connectivity index (χ0n) is 6.31.